The Labute approximate surface area is 227 Å². The van der Waals surface area contributed by atoms with Crippen molar-refractivity contribution in [1.82, 2.24) is 30.2 Å². The summed E-state index contributed by atoms with van der Waals surface area (Å²) in [7, 11) is 0. The molecule has 1 aliphatic rings. The highest BCUT2D eigenvalue weighted by Crippen LogP contribution is 2.36. The molecule has 1 saturated carbocycles. The van der Waals surface area contributed by atoms with Crippen molar-refractivity contribution in [2.24, 2.45) is 5.92 Å². The summed E-state index contributed by atoms with van der Waals surface area (Å²) in [5.74, 6) is 0.153. The zero-order chi connectivity index (χ0) is 28.1. The van der Waals surface area contributed by atoms with E-state index in [1.807, 2.05) is 12.1 Å². The number of nitrogens with zero attached hydrogens (tertiary/aromatic N) is 5. The normalized spacial score (nSPS) is 17.5. The van der Waals surface area contributed by atoms with Crippen molar-refractivity contribution in [3.05, 3.63) is 78.1 Å². The molecule has 0 atom stereocenters. The molecule has 5 rings (SSSR count). The second-order valence-electron chi connectivity index (χ2n) is 9.71. The number of nitrogens with one attached hydrogen (secondary N) is 1. The van der Waals surface area contributed by atoms with Crippen molar-refractivity contribution in [3.8, 4) is 17.2 Å². The first-order valence-corrected chi connectivity index (χ1v) is 13.1. The van der Waals surface area contributed by atoms with Gasteiger partial charge in [0.25, 0.3) is 5.91 Å². The quantitative estimate of drug-likeness (QED) is 0.277. The Kier molecular flexibility index (Phi) is 8.04. The zero-order valence-corrected chi connectivity index (χ0v) is 21.5. The van der Waals surface area contributed by atoms with Gasteiger partial charge in [0.2, 0.25) is 11.7 Å². The van der Waals surface area contributed by atoms with Crippen molar-refractivity contribution in [2.45, 2.75) is 50.6 Å². The number of pyridine rings is 1. The van der Waals surface area contributed by atoms with E-state index in [0.717, 1.165) is 23.7 Å². The van der Waals surface area contributed by atoms with Crippen LogP contribution in [0, 0.1) is 5.92 Å². The van der Waals surface area contributed by atoms with Crippen LogP contribution < -0.4 is 5.32 Å². The number of benzene rings is 1. The fourth-order valence-corrected chi connectivity index (χ4v) is 4.89. The summed E-state index contributed by atoms with van der Waals surface area (Å²) in [5.41, 5.74) is -0.781. The van der Waals surface area contributed by atoms with Crippen LogP contribution in [0.1, 0.15) is 66.4 Å². The summed E-state index contributed by atoms with van der Waals surface area (Å²) in [5, 5.41) is 10.1. The summed E-state index contributed by atoms with van der Waals surface area (Å²) >= 11 is 0. The van der Waals surface area contributed by atoms with Crippen molar-refractivity contribution in [2.75, 3.05) is 6.54 Å². The molecular weight excluding hydrogens is 525 g/mol. The monoisotopic (exact) mass is 552 g/mol. The van der Waals surface area contributed by atoms with Gasteiger partial charge in [-0.05, 0) is 56.4 Å². The van der Waals surface area contributed by atoms with E-state index in [9.17, 15) is 22.8 Å². The molecule has 1 fully saturated rings. The maximum atomic E-state index is 13.5. The Hall–Kier alpha value is -4.35. The van der Waals surface area contributed by atoms with Gasteiger partial charge in [0.05, 0.1) is 11.3 Å². The molecule has 0 radical (unpaired) electrons. The molecule has 9 nitrogen and oxygen atoms in total. The van der Waals surface area contributed by atoms with Crippen molar-refractivity contribution in [3.63, 3.8) is 0 Å². The lowest BCUT2D eigenvalue weighted by atomic mass is 9.79. The number of Topliss-reactive ketones (excluding diaryl/α,β-unsaturated/α-hetero) is 1. The molecule has 3 heterocycles. The third-order valence-corrected chi connectivity index (χ3v) is 7.00. The SMILES string of the molecule is O=C(NCCCC(=O)C1CCC(c2nc(-c3ccccn3)no2)CC1)c1cn(-c2ccccc2)nc1C(F)(F)F. The van der Waals surface area contributed by atoms with Crippen molar-refractivity contribution >= 4 is 11.7 Å². The number of para-hydroxylation sites is 1. The summed E-state index contributed by atoms with van der Waals surface area (Å²) < 4.78 is 47.1. The Bertz CT molecular complexity index is 1440. The standard InChI is InChI=1S/C28H27F3N6O3/c29-28(30,31)24-21(17-37(35-24)20-7-2-1-3-8-20)26(39)33-16-6-10-23(38)18-11-13-19(14-12-18)27-34-25(36-40-27)22-9-4-5-15-32-22/h1-5,7-9,15,17-19H,6,10-14,16H2,(H,33,39). The first-order valence-electron chi connectivity index (χ1n) is 13.1. The van der Waals surface area contributed by atoms with Gasteiger partial charge in [-0.1, -0.05) is 29.4 Å². The fourth-order valence-electron chi connectivity index (χ4n) is 4.89. The van der Waals surface area contributed by atoms with Crippen LogP contribution in [0.2, 0.25) is 0 Å². The van der Waals surface area contributed by atoms with E-state index in [0.29, 0.717) is 42.4 Å². The Morgan fingerprint density at radius 1 is 1.02 bits per heavy atom. The maximum absolute atomic E-state index is 13.5. The number of alkyl halides is 3. The van der Waals surface area contributed by atoms with E-state index in [1.165, 1.54) is 0 Å². The lowest BCUT2D eigenvalue weighted by Crippen LogP contribution is -2.27. The molecule has 0 aliphatic heterocycles. The van der Waals surface area contributed by atoms with Crippen LogP contribution in [0.15, 0.2) is 65.4 Å². The van der Waals surface area contributed by atoms with E-state index in [2.05, 4.69) is 25.5 Å². The molecular formula is C28H27F3N6O3. The molecule has 0 bridgehead atoms. The number of hydrogen-bond acceptors (Lipinski definition) is 7. The minimum Gasteiger partial charge on any atom is -0.352 e. The lowest BCUT2D eigenvalue weighted by Gasteiger charge is -2.25. The van der Waals surface area contributed by atoms with Crippen LogP contribution in [0.4, 0.5) is 13.2 Å². The van der Waals surface area contributed by atoms with Crippen molar-refractivity contribution in [1.29, 1.82) is 0 Å². The molecule has 0 saturated heterocycles. The summed E-state index contributed by atoms with van der Waals surface area (Å²) in [6, 6.07) is 13.7. The third-order valence-electron chi connectivity index (χ3n) is 7.00. The van der Waals surface area contributed by atoms with Crippen LogP contribution in [0.25, 0.3) is 17.2 Å². The molecule has 208 valence electrons. The number of ketones is 1. The predicted octanol–water partition coefficient (Wildman–Crippen LogP) is 5.39. The molecule has 40 heavy (non-hydrogen) atoms. The number of carbonyl (C=O) groups is 2. The van der Waals surface area contributed by atoms with Crippen LogP contribution in [0.5, 0.6) is 0 Å². The zero-order valence-electron chi connectivity index (χ0n) is 21.5. The minimum atomic E-state index is -4.79. The van der Waals surface area contributed by atoms with E-state index in [4.69, 9.17) is 4.52 Å². The van der Waals surface area contributed by atoms with Gasteiger partial charge in [-0.3, -0.25) is 14.6 Å². The topological polar surface area (TPSA) is 116 Å². The Morgan fingerprint density at radius 2 is 1.77 bits per heavy atom. The number of amides is 1. The van der Waals surface area contributed by atoms with Gasteiger partial charge in [-0.2, -0.15) is 23.3 Å². The van der Waals surface area contributed by atoms with Crippen LogP contribution in [0.3, 0.4) is 0 Å². The van der Waals surface area contributed by atoms with Gasteiger partial charge in [-0.15, -0.1) is 0 Å². The van der Waals surface area contributed by atoms with Gasteiger partial charge >= 0.3 is 6.18 Å². The number of aromatic nitrogens is 5. The van der Waals surface area contributed by atoms with Crippen LogP contribution >= 0.6 is 0 Å². The molecule has 1 aliphatic carbocycles. The number of carbonyl (C=O) groups excluding carboxylic acids is 2. The van der Waals surface area contributed by atoms with Gasteiger partial charge in [0.1, 0.15) is 11.5 Å². The van der Waals surface area contributed by atoms with Crippen LogP contribution in [-0.4, -0.2) is 43.1 Å². The average Bonchev–Trinajstić information content (AvgIpc) is 3.65. The molecule has 4 aromatic rings. The Morgan fingerprint density at radius 3 is 2.48 bits per heavy atom. The van der Waals surface area contributed by atoms with Gasteiger partial charge in [-0.25, -0.2) is 4.68 Å². The molecule has 0 unspecified atom stereocenters. The second kappa shape index (κ2) is 11.8. The number of rotatable bonds is 9. The summed E-state index contributed by atoms with van der Waals surface area (Å²) in [4.78, 5) is 34.0. The second-order valence-corrected chi connectivity index (χ2v) is 9.71. The minimum absolute atomic E-state index is 0.0754. The van der Waals surface area contributed by atoms with Gasteiger partial charge in [0, 0.05) is 37.2 Å². The smallest absolute Gasteiger partial charge is 0.352 e. The molecule has 1 aromatic carbocycles. The summed E-state index contributed by atoms with van der Waals surface area (Å²) in [6.45, 7) is 0.0754. The van der Waals surface area contributed by atoms with Gasteiger partial charge in [0.15, 0.2) is 5.69 Å². The number of hydrogen-bond donors (Lipinski definition) is 1. The molecule has 12 heteroatoms. The Balaban J connectivity index is 1.09. The van der Waals surface area contributed by atoms with E-state index in [1.54, 1.807) is 42.6 Å². The van der Waals surface area contributed by atoms with E-state index < -0.39 is 23.3 Å². The highest BCUT2D eigenvalue weighted by molar-refractivity contribution is 5.95. The van der Waals surface area contributed by atoms with Crippen LogP contribution in [-0.2, 0) is 11.0 Å². The lowest BCUT2D eigenvalue weighted by molar-refractivity contribution is -0.141. The third kappa shape index (κ3) is 6.27. The maximum Gasteiger partial charge on any atom is 0.435 e. The highest BCUT2D eigenvalue weighted by atomic mass is 19.4. The first-order chi connectivity index (χ1) is 19.3. The van der Waals surface area contributed by atoms with E-state index in [-0.39, 0.29) is 30.6 Å². The fraction of sp³-hybridized carbons (Fsp3) is 0.357. The van der Waals surface area contributed by atoms with E-state index >= 15 is 0 Å². The number of halogens is 3. The largest absolute Gasteiger partial charge is 0.435 e. The molecule has 0 spiro atoms. The van der Waals surface area contributed by atoms with Gasteiger partial charge < -0.3 is 9.84 Å². The average molecular weight is 553 g/mol. The molecule has 1 amide bonds. The summed E-state index contributed by atoms with van der Waals surface area (Å²) in [6.07, 6.45) is 1.35. The van der Waals surface area contributed by atoms with Crippen molar-refractivity contribution < 1.29 is 27.3 Å². The highest BCUT2D eigenvalue weighted by Gasteiger charge is 2.39. The molecule has 1 N–H and O–H groups in total. The molecule has 3 aromatic heterocycles. The predicted molar refractivity (Wildman–Crippen MR) is 137 cm³/mol. The first kappa shape index (κ1) is 27.2.